The molecular weight excluding hydrogens is 273 g/mol. The quantitative estimate of drug-likeness (QED) is 0.820. The van der Waals surface area contributed by atoms with E-state index in [1.807, 2.05) is 0 Å². The lowest BCUT2D eigenvalue weighted by Crippen LogP contribution is -2.55. The number of carbonyl (C=O) groups excluding carboxylic acids is 1. The summed E-state index contributed by atoms with van der Waals surface area (Å²) in [4.78, 5) is 14.4. The Kier molecular flexibility index (Phi) is 4.80. The number of morpholine rings is 1. The average Bonchev–Trinajstić information content (AvgIpc) is 2.46. The van der Waals surface area contributed by atoms with Gasteiger partial charge in [0.05, 0.1) is 18.8 Å². The van der Waals surface area contributed by atoms with Gasteiger partial charge in [0.15, 0.2) is 0 Å². The van der Waals surface area contributed by atoms with Crippen molar-refractivity contribution >= 4 is 11.6 Å². The third-order valence-electron chi connectivity index (χ3n) is 3.81. The smallest absolute Gasteiger partial charge is 0.253 e. The summed E-state index contributed by atoms with van der Waals surface area (Å²) in [6.07, 6.45) is 0. The minimum Gasteiger partial charge on any atom is -0.398 e. The molecule has 21 heavy (non-hydrogen) atoms. The number of benzene rings is 1. The second-order valence-corrected chi connectivity index (χ2v) is 5.83. The van der Waals surface area contributed by atoms with Gasteiger partial charge in [0.1, 0.15) is 5.82 Å². The van der Waals surface area contributed by atoms with E-state index in [9.17, 15) is 9.18 Å². The molecule has 1 saturated heterocycles. The van der Waals surface area contributed by atoms with Gasteiger partial charge in [-0.3, -0.25) is 9.69 Å². The Morgan fingerprint density at radius 2 is 2.10 bits per heavy atom. The lowest BCUT2D eigenvalue weighted by Gasteiger charge is -2.40. The van der Waals surface area contributed by atoms with Crippen molar-refractivity contribution in [2.24, 2.45) is 0 Å². The molecule has 1 aromatic carbocycles. The number of hydrogen-bond acceptors (Lipinski definition) is 4. The van der Waals surface area contributed by atoms with Gasteiger partial charge in [-0.2, -0.15) is 0 Å². The summed E-state index contributed by atoms with van der Waals surface area (Å²) in [7, 11) is 0. The Morgan fingerprint density at radius 1 is 1.43 bits per heavy atom. The molecule has 0 aliphatic carbocycles. The second-order valence-electron chi connectivity index (χ2n) is 5.83. The first-order chi connectivity index (χ1) is 9.90. The van der Waals surface area contributed by atoms with Crippen LogP contribution in [0.2, 0.25) is 0 Å². The number of nitrogens with zero attached hydrogens (tertiary/aromatic N) is 1. The van der Waals surface area contributed by atoms with Gasteiger partial charge in [0.2, 0.25) is 0 Å². The molecule has 6 heteroatoms. The van der Waals surface area contributed by atoms with Crippen molar-refractivity contribution in [1.82, 2.24) is 10.2 Å². The topological polar surface area (TPSA) is 67.6 Å². The summed E-state index contributed by atoms with van der Waals surface area (Å²) in [6.45, 7) is 7.76. The van der Waals surface area contributed by atoms with Crippen LogP contribution in [0.1, 0.15) is 24.2 Å². The molecule has 0 aromatic heterocycles. The van der Waals surface area contributed by atoms with Crippen molar-refractivity contribution < 1.29 is 13.9 Å². The van der Waals surface area contributed by atoms with Crippen molar-refractivity contribution in [1.29, 1.82) is 0 Å². The zero-order valence-electron chi connectivity index (χ0n) is 12.5. The van der Waals surface area contributed by atoms with Gasteiger partial charge in [-0.15, -0.1) is 0 Å². The van der Waals surface area contributed by atoms with Crippen LogP contribution in [0.4, 0.5) is 10.1 Å². The van der Waals surface area contributed by atoms with Crippen LogP contribution in [0, 0.1) is 5.82 Å². The minimum atomic E-state index is -0.447. The molecule has 0 radical (unpaired) electrons. The van der Waals surface area contributed by atoms with Gasteiger partial charge in [-0.05, 0) is 32.0 Å². The van der Waals surface area contributed by atoms with E-state index in [0.29, 0.717) is 25.3 Å². The van der Waals surface area contributed by atoms with Crippen LogP contribution in [-0.4, -0.2) is 49.2 Å². The molecule has 116 valence electrons. The highest BCUT2D eigenvalue weighted by molar-refractivity contribution is 5.99. The number of nitrogens with two attached hydrogens (primary N) is 1. The Labute approximate surface area is 124 Å². The van der Waals surface area contributed by atoms with Crippen LogP contribution in [0.25, 0.3) is 0 Å². The van der Waals surface area contributed by atoms with Crippen molar-refractivity contribution in [3.8, 4) is 0 Å². The largest absolute Gasteiger partial charge is 0.398 e. The van der Waals surface area contributed by atoms with Crippen molar-refractivity contribution in [3.63, 3.8) is 0 Å². The van der Waals surface area contributed by atoms with Gasteiger partial charge in [0.25, 0.3) is 5.91 Å². The molecule has 1 aliphatic heterocycles. The molecule has 0 bridgehead atoms. The number of amides is 1. The first-order valence-electron chi connectivity index (χ1n) is 7.06. The molecule has 1 heterocycles. The number of nitrogen functional groups attached to an aromatic ring is 1. The van der Waals surface area contributed by atoms with E-state index in [2.05, 4.69) is 24.1 Å². The van der Waals surface area contributed by atoms with Gasteiger partial charge in [-0.25, -0.2) is 4.39 Å². The third kappa shape index (κ3) is 3.92. The number of rotatable bonds is 4. The summed E-state index contributed by atoms with van der Waals surface area (Å²) in [5, 5.41) is 2.87. The Morgan fingerprint density at radius 3 is 2.71 bits per heavy atom. The summed E-state index contributed by atoms with van der Waals surface area (Å²) < 4.78 is 18.3. The monoisotopic (exact) mass is 295 g/mol. The van der Waals surface area contributed by atoms with E-state index >= 15 is 0 Å². The maximum absolute atomic E-state index is 13.0. The van der Waals surface area contributed by atoms with Crippen LogP contribution in [0.5, 0.6) is 0 Å². The zero-order chi connectivity index (χ0) is 15.5. The molecule has 3 N–H and O–H groups in total. The number of ether oxygens (including phenoxy) is 1. The first kappa shape index (κ1) is 15.7. The van der Waals surface area contributed by atoms with Gasteiger partial charge >= 0.3 is 0 Å². The molecule has 0 spiro atoms. The summed E-state index contributed by atoms with van der Waals surface area (Å²) in [5.41, 5.74) is 5.95. The number of hydrogen-bond donors (Lipinski definition) is 2. The molecular formula is C15H22FN3O2. The molecule has 1 fully saturated rings. The highest BCUT2D eigenvalue weighted by Gasteiger charge is 2.28. The standard InChI is InChI=1S/C15H22FN3O2/c1-15(2,19-5-7-21-8-6-19)10-18-14(20)12-4-3-11(16)9-13(12)17/h3-4,9H,5-8,10,17H2,1-2H3,(H,18,20). The van der Waals surface area contributed by atoms with E-state index in [-0.39, 0.29) is 17.1 Å². The SMILES string of the molecule is CC(C)(CNC(=O)c1ccc(F)cc1N)N1CCOCC1. The van der Waals surface area contributed by atoms with Crippen LogP contribution >= 0.6 is 0 Å². The fourth-order valence-corrected chi connectivity index (χ4v) is 2.41. The normalized spacial score (nSPS) is 16.7. The number of nitrogens with one attached hydrogen (secondary N) is 1. The molecule has 1 aromatic rings. The fraction of sp³-hybridized carbons (Fsp3) is 0.533. The fourth-order valence-electron chi connectivity index (χ4n) is 2.41. The molecule has 1 amide bonds. The summed E-state index contributed by atoms with van der Waals surface area (Å²) in [6, 6.07) is 3.79. The van der Waals surface area contributed by atoms with Gasteiger partial charge < -0.3 is 15.8 Å². The molecule has 0 atom stereocenters. The molecule has 2 rings (SSSR count). The lowest BCUT2D eigenvalue weighted by molar-refractivity contribution is -0.00923. The van der Waals surface area contributed by atoms with E-state index in [0.717, 1.165) is 19.2 Å². The Hall–Kier alpha value is -1.66. The van der Waals surface area contributed by atoms with Gasteiger partial charge in [0, 0.05) is 30.9 Å². The Balaban J connectivity index is 1.96. The van der Waals surface area contributed by atoms with Crippen molar-refractivity contribution in [3.05, 3.63) is 29.6 Å². The third-order valence-corrected chi connectivity index (χ3v) is 3.81. The maximum atomic E-state index is 13.0. The predicted molar refractivity (Wildman–Crippen MR) is 79.6 cm³/mol. The molecule has 5 nitrogen and oxygen atoms in total. The van der Waals surface area contributed by atoms with Crippen LogP contribution in [0.3, 0.4) is 0 Å². The van der Waals surface area contributed by atoms with Gasteiger partial charge in [-0.1, -0.05) is 0 Å². The lowest BCUT2D eigenvalue weighted by atomic mass is 10.0. The molecule has 0 saturated carbocycles. The highest BCUT2D eigenvalue weighted by Crippen LogP contribution is 2.17. The molecule has 0 unspecified atom stereocenters. The number of carbonyl (C=O) groups is 1. The second kappa shape index (κ2) is 6.41. The molecule has 1 aliphatic rings. The highest BCUT2D eigenvalue weighted by atomic mass is 19.1. The van der Waals surface area contributed by atoms with E-state index in [1.165, 1.54) is 12.1 Å². The van der Waals surface area contributed by atoms with Crippen LogP contribution < -0.4 is 11.1 Å². The summed E-state index contributed by atoms with van der Waals surface area (Å²) >= 11 is 0. The number of anilines is 1. The van der Waals surface area contributed by atoms with Crippen molar-refractivity contribution in [2.75, 3.05) is 38.6 Å². The van der Waals surface area contributed by atoms with Crippen molar-refractivity contribution in [2.45, 2.75) is 19.4 Å². The maximum Gasteiger partial charge on any atom is 0.253 e. The minimum absolute atomic E-state index is 0.150. The zero-order valence-corrected chi connectivity index (χ0v) is 12.5. The van der Waals surface area contributed by atoms with Crippen LogP contribution in [-0.2, 0) is 4.74 Å². The van der Waals surface area contributed by atoms with E-state index < -0.39 is 5.82 Å². The average molecular weight is 295 g/mol. The van der Waals surface area contributed by atoms with E-state index in [1.54, 1.807) is 0 Å². The first-order valence-corrected chi connectivity index (χ1v) is 7.06. The predicted octanol–water partition coefficient (Wildman–Crippen LogP) is 1.25. The Bertz CT molecular complexity index is 514. The van der Waals surface area contributed by atoms with Crippen LogP contribution in [0.15, 0.2) is 18.2 Å². The summed E-state index contributed by atoms with van der Waals surface area (Å²) in [5.74, 6) is -0.730. The number of halogens is 1. The van der Waals surface area contributed by atoms with E-state index in [4.69, 9.17) is 10.5 Å².